The Labute approximate surface area is 250 Å². The Bertz CT molecular complexity index is 1810. The molecular formula is C35H37N3O5. The lowest BCUT2D eigenvalue weighted by atomic mass is 9.84. The van der Waals surface area contributed by atoms with Gasteiger partial charge in [0.15, 0.2) is 11.5 Å². The Kier molecular flexibility index (Phi) is 7.61. The largest absolute Gasteiger partial charge is 0.493 e. The number of aromatic nitrogens is 2. The van der Waals surface area contributed by atoms with E-state index in [4.69, 9.17) is 14.2 Å². The molecule has 43 heavy (non-hydrogen) atoms. The number of aryl methyl sites for hydroxylation is 2. The maximum atomic E-state index is 14.0. The van der Waals surface area contributed by atoms with Crippen molar-refractivity contribution in [2.45, 2.75) is 44.9 Å². The van der Waals surface area contributed by atoms with Crippen LogP contribution in [0.2, 0.25) is 0 Å². The standard InChI is InChI=1S/C35H37N3O5/c1-20-33(24-10-6-8-12-27(24)36-20)22-14-15-38(31(39)18-22)32(40)19-26(34-21(2)37-28-13-9-7-11-25(28)34)23-16-29(41-3)35(43-5)30(17-23)42-4/h6-13,16-17,22,26,36-37H,14-15,18-19H2,1-5H3. The molecule has 3 heterocycles. The highest BCUT2D eigenvalue weighted by Crippen LogP contribution is 2.44. The molecule has 0 aliphatic carbocycles. The molecule has 1 fully saturated rings. The predicted octanol–water partition coefficient (Wildman–Crippen LogP) is 6.75. The van der Waals surface area contributed by atoms with Crippen molar-refractivity contribution >= 4 is 33.6 Å². The maximum absolute atomic E-state index is 14.0. The third-order valence-electron chi connectivity index (χ3n) is 8.84. The highest BCUT2D eigenvalue weighted by atomic mass is 16.5. The van der Waals surface area contributed by atoms with Gasteiger partial charge in [0.05, 0.1) is 21.3 Å². The Morgan fingerprint density at radius 1 is 0.884 bits per heavy atom. The number of nitrogens with zero attached hydrogens (tertiary/aromatic N) is 1. The van der Waals surface area contributed by atoms with Crippen molar-refractivity contribution in [1.29, 1.82) is 0 Å². The van der Waals surface area contributed by atoms with Crippen molar-refractivity contribution in [2.24, 2.45) is 0 Å². The lowest BCUT2D eigenvalue weighted by molar-refractivity contribution is -0.147. The number of H-pyrrole nitrogens is 2. The zero-order chi connectivity index (χ0) is 30.2. The lowest BCUT2D eigenvalue weighted by Gasteiger charge is -2.32. The molecule has 2 amide bonds. The number of nitrogens with one attached hydrogen (secondary N) is 2. The van der Waals surface area contributed by atoms with E-state index in [-0.39, 0.29) is 30.1 Å². The number of piperidine rings is 1. The molecule has 6 rings (SSSR count). The van der Waals surface area contributed by atoms with Gasteiger partial charge >= 0.3 is 0 Å². The first-order chi connectivity index (χ1) is 20.8. The van der Waals surface area contributed by atoms with E-state index in [1.54, 1.807) is 21.3 Å². The monoisotopic (exact) mass is 579 g/mol. The van der Waals surface area contributed by atoms with Gasteiger partial charge in [-0.3, -0.25) is 14.5 Å². The number of para-hydroxylation sites is 2. The van der Waals surface area contributed by atoms with Crippen molar-refractivity contribution in [3.8, 4) is 17.2 Å². The fourth-order valence-electron chi connectivity index (χ4n) is 6.89. The highest BCUT2D eigenvalue weighted by molar-refractivity contribution is 5.98. The van der Waals surface area contributed by atoms with Crippen LogP contribution in [0, 0.1) is 13.8 Å². The van der Waals surface area contributed by atoms with E-state index < -0.39 is 0 Å². The van der Waals surface area contributed by atoms with E-state index in [1.165, 1.54) is 10.5 Å². The first-order valence-electron chi connectivity index (χ1n) is 14.6. The molecule has 2 aromatic heterocycles. The fourth-order valence-corrected chi connectivity index (χ4v) is 6.89. The number of benzene rings is 3. The van der Waals surface area contributed by atoms with Crippen LogP contribution < -0.4 is 14.2 Å². The molecule has 222 valence electrons. The van der Waals surface area contributed by atoms with Gasteiger partial charge in [0.1, 0.15) is 0 Å². The molecule has 2 unspecified atom stereocenters. The number of ether oxygens (including phenoxy) is 3. The van der Waals surface area contributed by atoms with Crippen molar-refractivity contribution in [3.63, 3.8) is 0 Å². The molecular weight excluding hydrogens is 542 g/mol. The molecule has 1 aliphatic heterocycles. The molecule has 8 heteroatoms. The van der Waals surface area contributed by atoms with Crippen molar-refractivity contribution in [3.05, 3.63) is 88.7 Å². The van der Waals surface area contributed by atoms with Gasteiger partial charge in [-0.15, -0.1) is 0 Å². The van der Waals surface area contributed by atoms with Crippen LogP contribution in [-0.4, -0.2) is 54.6 Å². The summed E-state index contributed by atoms with van der Waals surface area (Å²) in [5.41, 5.74) is 7.14. The summed E-state index contributed by atoms with van der Waals surface area (Å²) >= 11 is 0. The molecule has 8 nitrogen and oxygen atoms in total. The molecule has 1 saturated heterocycles. The Balaban J connectivity index is 1.34. The normalized spacial score (nSPS) is 16.1. The highest BCUT2D eigenvalue weighted by Gasteiger charge is 2.35. The number of aromatic amines is 2. The number of hydrogen-bond acceptors (Lipinski definition) is 5. The minimum atomic E-state index is -0.362. The summed E-state index contributed by atoms with van der Waals surface area (Å²) in [6, 6.07) is 20.1. The van der Waals surface area contributed by atoms with Gasteiger partial charge < -0.3 is 24.2 Å². The zero-order valence-corrected chi connectivity index (χ0v) is 25.2. The molecule has 0 radical (unpaired) electrons. The molecule has 0 spiro atoms. The average molecular weight is 580 g/mol. The first kappa shape index (κ1) is 28.4. The van der Waals surface area contributed by atoms with Crippen LogP contribution in [0.4, 0.5) is 0 Å². The van der Waals surface area contributed by atoms with E-state index in [9.17, 15) is 9.59 Å². The average Bonchev–Trinajstić information content (AvgIpc) is 3.53. The lowest BCUT2D eigenvalue weighted by Crippen LogP contribution is -2.43. The van der Waals surface area contributed by atoms with Crippen LogP contribution in [0.5, 0.6) is 17.2 Å². The Hall–Kier alpha value is -4.72. The number of methoxy groups -OCH3 is 3. The van der Waals surface area contributed by atoms with Gasteiger partial charge in [0.25, 0.3) is 0 Å². The number of rotatable bonds is 8. The van der Waals surface area contributed by atoms with E-state index in [0.717, 1.165) is 50.7 Å². The number of carbonyl (C=O) groups excluding carboxylic acids is 2. The predicted molar refractivity (Wildman–Crippen MR) is 167 cm³/mol. The Morgan fingerprint density at radius 3 is 2.12 bits per heavy atom. The summed E-state index contributed by atoms with van der Waals surface area (Å²) in [6.45, 7) is 4.46. The van der Waals surface area contributed by atoms with E-state index in [2.05, 4.69) is 35.1 Å². The quantitative estimate of drug-likeness (QED) is 0.212. The summed E-state index contributed by atoms with van der Waals surface area (Å²) < 4.78 is 16.9. The van der Waals surface area contributed by atoms with Gasteiger partial charge in [-0.05, 0) is 67.1 Å². The topological polar surface area (TPSA) is 96.7 Å². The van der Waals surface area contributed by atoms with Crippen LogP contribution in [0.3, 0.4) is 0 Å². The third kappa shape index (κ3) is 5.01. The molecule has 0 bridgehead atoms. The van der Waals surface area contributed by atoms with E-state index >= 15 is 0 Å². The Morgan fingerprint density at radius 2 is 1.49 bits per heavy atom. The number of carbonyl (C=O) groups is 2. The summed E-state index contributed by atoms with van der Waals surface area (Å²) in [5, 5.41) is 2.18. The molecule has 0 saturated carbocycles. The SMILES string of the molecule is COc1cc(C(CC(=O)N2CCC(c3c(C)[nH]c4ccccc34)CC2=O)c2c(C)[nH]c3ccccc23)cc(OC)c1OC. The van der Waals surface area contributed by atoms with Gasteiger partial charge in [0, 0.05) is 58.5 Å². The molecule has 2 atom stereocenters. The second-order valence-electron chi connectivity index (χ2n) is 11.3. The van der Waals surface area contributed by atoms with Crippen molar-refractivity contribution in [1.82, 2.24) is 14.9 Å². The zero-order valence-electron chi connectivity index (χ0n) is 25.2. The van der Waals surface area contributed by atoms with Crippen LogP contribution in [0.25, 0.3) is 21.8 Å². The van der Waals surface area contributed by atoms with E-state index in [1.807, 2.05) is 49.4 Å². The number of likely N-dealkylation sites (tertiary alicyclic amines) is 1. The summed E-state index contributed by atoms with van der Waals surface area (Å²) in [5.74, 6) is 0.885. The minimum Gasteiger partial charge on any atom is -0.493 e. The molecule has 2 N–H and O–H groups in total. The van der Waals surface area contributed by atoms with Crippen LogP contribution in [0.1, 0.15) is 59.2 Å². The number of fused-ring (bicyclic) bond motifs is 2. The molecule has 5 aromatic rings. The molecule has 1 aliphatic rings. The van der Waals surface area contributed by atoms with Crippen molar-refractivity contribution < 1.29 is 23.8 Å². The first-order valence-corrected chi connectivity index (χ1v) is 14.6. The van der Waals surface area contributed by atoms with Crippen LogP contribution >= 0.6 is 0 Å². The maximum Gasteiger partial charge on any atom is 0.230 e. The van der Waals surface area contributed by atoms with Gasteiger partial charge in [0.2, 0.25) is 17.6 Å². The van der Waals surface area contributed by atoms with Crippen LogP contribution in [0.15, 0.2) is 60.7 Å². The number of imide groups is 1. The van der Waals surface area contributed by atoms with Gasteiger partial charge in [-0.1, -0.05) is 36.4 Å². The van der Waals surface area contributed by atoms with Crippen molar-refractivity contribution in [2.75, 3.05) is 27.9 Å². The second-order valence-corrected chi connectivity index (χ2v) is 11.3. The third-order valence-corrected chi connectivity index (χ3v) is 8.84. The molecule has 3 aromatic carbocycles. The minimum absolute atomic E-state index is 0.0643. The van der Waals surface area contributed by atoms with E-state index in [0.29, 0.717) is 30.2 Å². The van der Waals surface area contributed by atoms with Gasteiger partial charge in [-0.2, -0.15) is 0 Å². The van der Waals surface area contributed by atoms with Gasteiger partial charge in [-0.25, -0.2) is 0 Å². The second kappa shape index (κ2) is 11.5. The summed E-state index contributed by atoms with van der Waals surface area (Å²) in [7, 11) is 4.73. The smallest absolute Gasteiger partial charge is 0.230 e. The number of hydrogen-bond donors (Lipinski definition) is 2. The fraction of sp³-hybridized carbons (Fsp3) is 0.314. The summed E-state index contributed by atoms with van der Waals surface area (Å²) in [4.78, 5) is 36.0. The number of amides is 2. The van der Waals surface area contributed by atoms with Crippen LogP contribution in [-0.2, 0) is 9.59 Å². The summed E-state index contributed by atoms with van der Waals surface area (Å²) in [6.07, 6.45) is 1.14.